The molecule has 0 saturated carbocycles. The number of hydrogen-bond acceptors (Lipinski definition) is 5. The molecule has 7 nitrogen and oxygen atoms in total. The van der Waals surface area contributed by atoms with Gasteiger partial charge < -0.3 is 19.8 Å². The summed E-state index contributed by atoms with van der Waals surface area (Å²) in [7, 11) is 0. The molecule has 8 heteroatoms. The van der Waals surface area contributed by atoms with E-state index in [0.717, 1.165) is 11.1 Å². The van der Waals surface area contributed by atoms with Crippen molar-refractivity contribution in [3.63, 3.8) is 0 Å². The third-order valence-corrected chi connectivity index (χ3v) is 4.76. The van der Waals surface area contributed by atoms with Gasteiger partial charge in [-0.25, -0.2) is 9.37 Å². The van der Waals surface area contributed by atoms with Gasteiger partial charge >= 0.3 is 0 Å². The first kappa shape index (κ1) is 19.6. The molecule has 0 saturated heterocycles. The minimum absolute atomic E-state index is 0.00231. The molecule has 1 aromatic heterocycles. The third-order valence-electron chi connectivity index (χ3n) is 4.76. The van der Waals surface area contributed by atoms with Gasteiger partial charge in [-0.05, 0) is 48.9 Å². The van der Waals surface area contributed by atoms with Crippen LogP contribution in [0.15, 0.2) is 53.1 Å². The van der Waals surface area contributed by atoms with Gasteiger partial charge in [0.2, 0.25) is 5.91 Å². The number of oxazole rings is 1. The number of hydrogen-bond donors (Lipinski definition) is 2. The maximum atomic E-state index is 13.0. The van der Waals surface area contributed by atoms with Crippen molar-refractivity contribution in [2.45, 2.75) is 25.8 Å². The number of aryl methyl sites for hydroxylation is 1. The SMILES string of the molecule is C[C@@H](NC(=O)CCc1ncc(-c2ccc(F)cc2)o1)c1ccc2c(c1)NC(=O)CO2. The Morgan fingerprint density at radius 3 is 2.87 bits per heavy atom. The average molecular weight is 409 g/mol. The first-order valence-corrected chi connectivity index (χ1v) is 9.54. The third kappa shape index (κ3) is 4.48. The molecule has 2 N–H and O–H groups in total. The second-order valence-corrected chi connectivity index (χ2v) is 7.01. The molecule has 0 aliphatic carbocycles. The predicted octanol–water partition coefficient (Wildman–Crippen LogP) is 3.62. The Balaban J connectivity index is 1.32. The zero-order valence-electron chi connectivity index (χ0n) is 16.3. The standard InChI is InChI=1S/C22H20FN3O4/c1-13(15-4-7-18-17(10-15)26-21(28)12-29-18)25-20(27)8-9-22-24-11-19(30-22)14-2-5-16(23)6-3-14/h2-7,10-11,13H,8-9,12H2,1H3,(H,25,27)(H,26,28)/t13-/m1/s1. The van der Waals surface area contributed by atoms with Crippen molar-refractivity contribution in [3.05, 3.63) is 65.9 Å². The smallest absolute Gasteiger partial charge is 0.262 e. The van der Waals surface area contributed by atoms with Crippen molar-refractivity contribution in [3.8, 4) is 17.1 Å². The quantitative estimate of drug-likeness (QED) is 0.649. The van der Waals surface area contributed by atoms with Crippen LogP contribution in [-0.4, -0.2) is 23.4 Å². The Kier molecular flexibility index (Phi) is 5.47. The highest BCUT2D eigenvalue weighted by Gasteiger charge is 2.18. The van der Waals surface area contributed by atoms with Gasteiger partial charge in [0.1, 0.15) is 11.6 Å². The van der Waals surface area contributed by atoms with Crippen LogP contribution in [0.3, 0.4) is 0 Å². The summed E-state index contributed by atoms with van der Waals surface area (Å²) < 4.78 is 24.0. The van der Waals surface area contributed by atoms with Crippen molar-refractivity contribution in [1.82, 2.24) is 10.3 Å². The minimum atomic E-state index is -0.321. The molecule has 2 heterocycles. The zero-order valence-corrected chi connectivity index (χ0v) is 16.3. The van der Waals surface area contributed by atoms with Crippen LogP contribution in [0.1, 0.15) is 30.8 Å². The molecular weight excluding hydrogens is 389 g/mol. The maximum absolute atomic E-state index is 13.0. The molecular formula is C22H20FN3O4. The van der Waals surface area contributed by atoms with Crippen molar-refractivity contribution in [2.75, 3.05) is 11.9 Å². The lowest BCUT2D eigenvalue weighted by molar-refractivity contribution is -0.122. The molecule has 0 unspecified atom stereocenters. The Labute approximate surface area is 172 Å². The molecule has 1 aliphatic heterocycles. The normalized spacial score (nSPS) is 13.7. The molecule has 30 heavy (non-hydrogen) atoms. The lowest BCUT2D eigenvalue weighted by atomic mass is 10.1. The fourth-order valence-corrected chi connectivity index (χ4v) is 3.16. The topological polar surface area (TPSA) is 93.5 Å². The number of fused-ring (bicyclic) bond motifs is 1. The van der Waals surface area contributed by atoms with Crippen LogP contribution >= 0.6 is 0 Å². The van der Waals surface area contributed by atoms with E-state index in [0.29, 0.717) is 29.5 Å². The number of carbonyl (C=O) groups is 2. The molecule has 1 aliphatic rings. The van der Waals surface area contributed by atoms with Crippen LogP contribution in [0.4, 0.5) is 10.1 Å². The Hall–Kier alpha value is -3.68. The van der Waals surface area contributed by atoms with Gasteiger partial charge in [0.25, 0.3) is 5.91 Å². The molecule has 2 aromatic carbocycles. The summed E-state index contributed by atoms with van der Waals surface area (Å²) in [5, 5.41) is 5.68. The Morgan fingerprint density at radius 2 is 2.07 bits per heavy atom. The van der Waals surface area contributed by atoms with E-state index in [1.54, 1.807) is 30.5 Å². The van der Waals surface area contributed by atoms with Gasteiger partial charge in [0, 0.05) is 18.4 Å². The summed E-state index contributed by atoms with van der Waals surface area (Å²) in [4.78, 5) is 28.0. The van der Waals surface area contributed by atoms with Crippen molar-refractivity contribution < 1.29 is 23.1 Å². The summed E-state index contributed by atoms with van der Waals surface area (Å²) in [6, 6.07) is 11.1. The van der Waals surface area contributed by atoms with E-state index in [-0.39, 0.29) is 36.7 Å². The van der Waals surface area contributed by atoms with Crippen molar-refractivity contribution >= 4 is 17.5 Å². The largest absolute Gasteiger partial charge is 0.482 e. The van der Waals surface area contributed by atoms with E-state index in [1.165, 1.54) is 12.1 Å². The number of anilines is 1. The molecule has 0 radical (unpaired) electrons. The van der Waals surface area contributed by atoms with E-state index < -0.39 is 0 Å². The van der Waals surface area contributed by atoms with Gasteiger partial charge in [-0.3, -0.25) is 9.59 Å². The summed E-state index contributed by atoms with van der Waals surface area (Å²) in [5.41, 5.74) is 2.16. The molecule has 3 aromatic rings. The monoisotopic (exact) mass is 409 g/mol. The number of rotatable bonds is 6. The Morgan fingerprint density at radius 1 is 1.27 bits per heavy atom. The van der Waals surface area contributed by atoms with E-state index >= 15 is 0 Å². The van der Waals surface area contributed by atoms with Crippen molar-refractivity contribution in [1.29, 1.82) is 0 Å². The second-order valence-electron chi connectivity index (χ2n) is 7.01. The molecule has 0 fully saturated rings. The number of halogens is 1. The van der Waals surface area contributed by atoms with Crippen LogP contribution in [0, 0.1) is 5.82 Å². The van der Waals surface area contributed by atoms with Gasteiger partial charge in [-0.1, -0.05) is 6.07 Å². The van der Waals surface area contributed by atoms with Crippen LogP contribution < -0.4 is 15.4 Å². The van der Waals surface area contributed by atoms with Crippen LogP contribution in [0.2, 0.25) is 0 Å². The lowest BCUT2D eigenvalue weighted by Gasteiger charge is -2.21. The van der Waals surface area contributed by atoms with Crippen LogP contribution in [0.25, 0.3) is 11.3 Å². The van der Waals surface area contributed by atoms with Gasteiger partial charge in [-0.2, -0.15) is 0 Å². The predicted molar refractivity (Wildman–Crippen MR) is 107 cm³/mol. The number of carbonyl (C=O) groups excluding carboxylic acids is 2. The summed E-state index contributed by atoms with van der Waals surface area (Å²) in [6.07, 6.45) is 2.11. The Bertz CT molecular complexity index is 1080. The number of amides is 2. The lowest BCUT2D eigenvalue weighted by Crippen LogP contribution is -2.28. The highest BCUT2D eigenvalue weighted by atomic mass is 19.1. The summed E-state index contributed by atoms with van der Waals surface area (Å²) in [5.74, 6) is 0.892. The van der Waals surface area contributed by atoms with Gasteiger partial charge in [0.05, 0.1) is 17.9 Å². The van der Waals surface area contributed by atoms with Gasteiger partial charge in [-0.15, -0.1) is 0 Å². The summed E-state index contributed by atoms with van der Waals surface area (Å²) in [6.45, 7) is 1.87. The number of ether oxygens (including phenoxy) is 1. The molecule has 154 valence electrons. The number of nitrogens with one attached hydrogen (secondary N) is 2. The maximum Gasteiger partial charge on any atom is 0.262 e. The first-order valence-electron chi connectivity index (χ1n) is 9.54. The summed E-state index contributed by atoms with van der Waals surface area (Å²) >= 11 is 0. The highest BCUT2D eigenvalue weighted by molar-refractivity contribution is 5.95. The second kappa shape index (κ2) is 8.36. The van der Waals surface area contributed by atoms with E-state index in [1.807, 2.05) is 13.0 Å². The molecule has 0 spiro atoms. The minimum Gasteiger partial charge on any atom is -0.482 e. The fourth-order valence-electron chi connectivity index (χ4n) is 3.16. The van der Waals surface area contributed by atoms with Crippen LogP contribution in [-0.2, 0) is 16.0 Å². The number of aromatic nitrogens is 1. The average Bonchev–Trinajstić information content (AvgIpc) is 3.21. The zero-order chi connectivity index (χ0) is 21.1. The van der Waals surface area contributed by atoms with Gasteiger partial charge in [0.15, 0.2) is 18.3 Å². The molecule has 0 bridgehead atoms. The van der Waals surface area contributed by atoms with Crippen LogP contribution in [0.5, 0.6) is 5.75 Å². The molecule has 1 atom stereocenters. The highest BCUT2D eigenvalue weighted by Crippen LogP contribution is 2.30. The van der Waals surface area contributed by atoms with E-state index in [9.17, 15) is 14.0 Å². The number of nitrogens with zero attached hydrogens (tertiary/aromatic N) is 1. The first-order chi connectivity index (χ1) is 14.5. The van der Waals surface area contributed by atoms with E-state index in [2.05, 4.69) is 15.6 Å². The molecule has 2 amide bonds. The van der Waals surface area contributed by atoms with Crippen molar-refractivity contribution in [2.24, 2.45) is 0 Å². The van der Waals surface area contributed by atoms with E-state index in [4.69, 9.17) is 9.15 Å². The molecule has 4 rings (SSSR count). The fraction of sp³-hybridized carbons (Fsp3) is 0.227. The number of benzene rings is 2.